The Kier molecular flexibility index (Phi) is 10.9. The first-order valence-electron chi connectivity index (χ1n) is 16.8. The quantitative estimate of drug-likeness (QED) is 0.176. The molecule has 0 unspecified atom stereocenters. The average molecular weight is 668 g/mol. The molecule has 3 aliphatic rings. The Morgan fingerprint density at radius 3 is 2.40 bits per heavy atom. The topological polar surface area (TPSA) is 45.1 Å². The molecule has 0 bridgehead atoms. The third-order valence-corrected chi connectivity index (χ3v) is 12.7. The van der Waals surface area contributed by atoms with E-state index in [1.807, 2.05) is 30.1 Å². The maximum atomic E-state index is 14.0. The number of nitrogens with zero attached hydrogens (tertiary/aromatic N) is 3. The number of ether oxygens (including phenoxy) is 1. The van der Waals surface area contributed by atoms with E-state index in [1.165, 1.54) is 30.4 Å². The van der Waals surface area contributed by atoms with Gasteiger partial charge < -0.3 is 9.64 Å². The zero-order valence-corrected chi connectivity index (χ0v) is 30.6. The molecule has 0 N–H and O–H groups in total. The van der Waals surface area contributed by atoms with Crippen LogP contribution in [-0.2, 0) is 15.6 Å². The van der Waals surface area contributed by atoms with Gasteiger partial charge in [-0.3, -0.25) is 14.7 Å². The van der Waals surface area contributed by atoms with Crippen LogP contribution in [0.3, 0.4) is 0 Å². The van der Waals surface area contributed by atoms with Crippen LogP contribution in [-0.4, -0.2) is 42.2 Å². The SMILES string of the molecule is CCC(C)(C)c1ccc(OCCCCN=C2SC(=C3Sc4ccc(Cl)cc4N3C)C(=O)N2C2CCCCC2)c(C(C)(C)CC)c1. The van der Waals surface area contributed by atoms with Crippen LogP contribution < -0.4 is 9.64 Å². The first-order chi connectivity index (χ1) is 21.5. The predicted molar refractivity (Wildman–Crippen MR) is 194 cm³/mol. The maximum absolute atomic E-state index is 14.0. The molecule has 2 aliphatic heterocycles. The van der Waals surface area contributed by atoms with Gasteiger partial charge in [-0.05, 0) is 90.9 Å². The van der Waals surface area contributed by atoms with Crippen LogP contribution in [0.5, 0.6) is 5.75 Å². The Bertz CT molecular complexity index is 1460. The van der Waals surface area contributed by atoms with Gasteiger partial charge in [-0.2, -0.15) is 0 Å². The van der Waals surface area contributed by atoms with Crippen molar-refractivity contribution in [3.8, 4) is 5.75 Å². The summed E-state index contributed by atoms with van der Waals surface area (Å²) in [5.74, 6) is 1.10. The van der Waals surface area contributed by atoms with Crippen LogP contribution in [0.1, 0.15) is 110 Å². The number of amides is 1. The van der Waals surface area contributed by atoms with E-state index in [9.17, 15) is 4.79 Å². The molecular weight excluding hydrogens is 618 g/mol. The fourth-order valence-electron chi connectivity index (χ4n) is 6.18. The van der Waals surface area contributed by atoms with Crippen molar-refractivity contribution in [2.24, 2.45) is 4.99 Å². The highest BCUT2D eigenvalue weighted by atomic mass is 35.5. The summed E-state index contributed by atoms with van der Waals surface area (Å²) < 4.78 is 6.42. The molecule has 2 aromatic carbocycles. The number of aliphatic imine (C=N–C) groups is 1. The third-order valence-electron chi connectivity index (χ3n) is 10.1. The minimum absolute atomic E-state index is 0.0431. The van der Waals surface area contributed by atoms with Gasteiger partial charge in [0.15, 0.2) is 5.17 Å². The van der Waals surface area contributed by atoms with Gasteiger partial charge in [-0.25, -0.2) is 0 Å². The van der Waals surface area contributed by atoms with Gasteiger partial charge >= 0.3 is 0 Å². The van der Waals surface area contributed by atoms with E-state index in [0.29, 0.717) is 18.2 Å². The van der Waals surface area contributed by atoms with Gasteiger partial charge in [0.2, 0.25) is 0 Å². The number of amidine groups is 1. The van der Waals surface area contributed by atoms with E-state index in [1.54, 1.807) is 23.5 Å². The highest BCUT2D eigenvalue weighted by Gasteiger charge is 2.42. The lowest BCUT2D eigenvalue weighted by molar-refractivity contribution is -0.124. The van der Waals surface area contributed by atoms with Crippen molar-refractivity contribution in [2.45, 2.75) is 121 Å². The molecule has 45 heavy (non-hydrogen) atoms. The second-order valence-corrected chi connectivity index (χ2v) is 16.3. The van der Waals surface area contributed by atoms with Crippen LogP contribution in [0.4, 0.5) is 5.69 Å². The van der Waals surface area contributed by atoms with Crippen LogP contribution >= 0.6 is 35.1 Å². The largest absolute Gasteiger partial charge is 0.493 e. The van der Waals surface area contributed by atoms with E-state index in [0.717, 1.165) is 70.0 Å². The molecule has 244 valence electrons. The Balaban J connectivity index is 1.26. The summed E-state index contributed by atoms with van der Waals surface area (Å²) in [6, 6.07) is 13.0. The lowest BCUT2D eigenvalue weighted by Gasteiger charge is -2.30. The van der Waals surface area contributed by atoms with Crippen molar-refractivity contribution in [3.05, 3.63) is 62.5 Å². The van der Waals surface area contributed by atoms with Gasteiger partial charge in [-0.15, -0.1) is 0 Å². The second kappa shape index (κ2) is 14.4. The molecule has 2 fully saturated rings. The highest BCUT2D eigenvalue weighted by molar-refractivity contribution is 8.19. The van der Waals surface area contributed by atoms with Crippen molar-refractivity contribution in [2.75, 3.05) is 25.1 Å². The van der Waals surface area contributed by atoms with Gasteiger partial charge in [0.05, 0.1) is 17.3 Å². The summed E-state index contributed by atoms with van der Waals surface area (Å²) in [7, 11) is 2.02. The van der Waals surface area contributed by atoms with Gasteiger partial charge in [0.1, 0.15) is 10.7 Å². The van der Waals surface area contributed by atoms with Crippen molar-refractivity contribution >= 4 is 51.9 Å². The molecule has 0 atom stereocenters. The van der Waals surface area contributed by atoms with E-state index >= 15 is 0 Å². The summed E-state index contributed by atoms with van der Waals surface area (Å²) >= 11 is 9.50. The Morgan fingerprint density at radius 1 is 0.956 bits per heavy atom. The Hall–Kier alpha value is -2.09. The highest BCUT2D eigenvalue weighted by Crippen LogP contribution is 2.51. The molecule has 1 amide bonds. The number of hydrogen-bond donors (Lipinski definition) is 0. The van der Waals surface area contributed by atoms with Gasteiger partial charge in [0.25, 0.3) is 5.91 Å². The Morgan fingerprint density at radius 2 is 1.69 bits per heavy atom. The van der Waals surface area contributed by atoms with Crippen LogP contribution in [0.25, 0.3) is 0 Å². The van der Waals surface area contributed by atoms with E-state index < -0.39 is 0 Å². The number of benzene rings is 2. The molecule has 0 spiro atoms. The van der Waals surface area contributed by atoms with E-state index in [-0.39, 0.29) is 22.8 Å². The summed E-state index contributed by atoms with van der Waals surface area (Å²) in [6.45, 7) is 15.1. The zero-order chi connectivity index (χ0) is 32.4. The molecule has 2 heterocycles. The fourth-order valence-corrected chi connectivity index (χ4v) is 8.73. The molecule has 1 saturated carbocycles. The monoisotopic (exact) mass is 667 g/mol. The minimum Gasteiger partial charge on any atom is -0.493 e. The smallest absolute Gasteiger partial charge is 0.269 e. The average Bonchev–Trinajstić information content (AvgIpc) is 3.54. The van der Waals surface area contributed by atoms with Crippen LogP contribution in [0, 0.1) is 0 Å². The van der Waals surface area contributed by atoms with Crippen LogP contribution in [0.2, 0.25) is 5.02 Å². The number of fused-ring (bicyclic) bond motifs is 1. The number of anilines is 1. The van der Waals surface area contributed by atoms with E-state index in [2.05, 4.69) is 64.6 Å². The molecule has 5 rings (SSSR count). The number of carbonyl (C=O) groups is 1. The number of unbranched alkanes of at least 4 members (excludes halogenated alkanes) is 1. The molecule has 1 aliphatic carbocycles. The normalized spacial score (nSPS) is 20.4. The first-order valence-corrected chi connectivity index (χ1v) is 18.8. The first kappa shape index (κ1) is 34.3. The summed E-state index contributed by atoms with van der Waals surface area (Å²) in [6.07, 6.45) is 9.65. The van der Waals surface area contributed by atoms with Gasteiger partial charge in [-0.1, -0.05) is 96.3 Å². The number of carbonyl (C=O) groups excluding carboxylic acids is 1. The number of hydrogen-bond acceptors (Lipinski definition) is 6. The molecule has 2 aromatic rings. The summed E-state index contributed by atoms with van der Waals surface area (Å²) in [5, 5.41) is 2.54. The van der Waals surface area contributed by atoms with Crippen molar-refractivity contribution in [3.63, 3.8) is 0 Å². The van der Waals surface area contributed by atoms with Crippen LogP contribution in [0.15, 0.2) is 56.2 Å². The Labute approximate surface area is 284 Å². The minimum atomic E-state index is 0.0431. The molecule has 1 saturated heterocycles. The maximum Gasteiger partial charge on any atom is 0.269 e. The predicted octanol–water partition coefficient (Wildman–Crippen LogP) is 10.5. The zero-order valence-electron chi connectivity index (χ0n) is 28.2. The molecule has 0 radical (unpaired) electrons. The standard InChI is InChI=1S/C37H50ClN3O2S2/c1-8-36(3,4)25-17-19-30(28(23-25)37(5,6)9-2)43-22-14-13-21-39-35-41(27-15-11-10-12-16-27)33(42)32(45-35)34-40(7)29-24-26(38)18-20-31(29)44-34/h17-20,23-24,27H,8-16,21-22H2,1-7H3. The summed E-state index contributed by atoms with van der Waals surface area (Å²) in [4.78, 5) is 25.1. The molecule has 5 nitrogen and oxygen atoms in total. The third kappa shape index (κ3) is 7.41. The number of rotatable bonds is 11. The molecule has 0 aromatic heterocycles. The fraction of sp³-hybridized carbons (Fsp3) is 0.568. The second-order valence-electron chi connectivity index (χ2n) is 13.9. The lowest BCUT2D eigenvalue weighted by atomic mass is 9.76. The van der Waals surface area contributed by atoms with Gasteiger partial charge in [0, 0.05) is 35.1 Å². The molecule has 8 heteroatoms. The summed E-state index contributed by atoms with van der Waals surface area (Å²) in [5.41, 5.74) is 3.91. The van der Waals surface area contributed by atoms with E-state index in [4.69, 9.17) is 21.3 Å². The number of thioether (sulfide) groups is 2. The lowest BCUT2D eigenvalue weighted by Crippen LogP contribution is -2.40. The number of halogens is 1. The van der Waals surface area contributed by atoms with Crippen molar-refractivity contribution in [1.29, 1.82) is 0 Å². The molecular formula is C37H50ClN3O2S2. The van der Waals surface area contributed by atoms with Crippen molar-refractivity contribution < 1.29 is 9.53 Å². The van der Waals surface area contributed by atoms with Crippen molar-refractivity contribution in [1.82, 2.24) is 4.90 Å².